The summed E-state index contributed by atoms with van der Waals surface area (Å²) < 4.78 is 16.7. The van der Waals surface area contributed by atoms with Crippen LogP contribution in [0.1, 0.15) is 30.4 Å². The minimum Gasteiger partial charge on any atom is -0.486 e. The third-order valence-electron chi connectivity index (χ3n) is 3.23. The lowest BCUT2D eigenvalue weighted by molar-refractivity contribution is 0.164. The molecule has 0 aromatic heterocycles. The Morgan fingerprint density at radius 2 is 2.11 bits per heavy atom. The Kier molecular flexibility index (Phi) is 4.44. The first kappa shape index (κ1) is 13.2. The SMILES string of the molecule is COCc1ccc2c(c1C(C)CCN)OCCO2. The molecule has 100 valence electrons. The number of hydrogen-bond donors (Lipinski definition) is 1. The molecule has 1 heterocycles. The van der Waals surface area contributed by atoms with Crippen LogP contribution in [0.4, 0.5) is 0 Å². The van der Waals surface area contributed by atoms with Crippen molar-refractivity contribution in [2.75, 3.05) is 26.9 Å². The summed E-state index contributed by atoms with van der Waals surface area (Å²) in [5, 5.41) is 0. The second-order valence-electron chi connectivity index (χ2n) is 4.57. The Bertz CT molecular complexity index is 406. The number of benzene rings is 1. The minimum absolute atomic E-state index is 0.344. The Morgan fingerprint density at radius 3 is 2.83 bits per heavy atom. The molecule has 0 amide bonds. The summed E-state index contributed by atoms with van der Waals surface area (Å²) in [6.07, 6.45) is 0.927. The van der Waals surface area contributed by atoms with Crippen LogP contribution in [0.25, 0.3) is 0 Å². The summed E-state index contributed by atoms with van der Waals surface area (Å²) in [6, 6.07) is 4.01. The molecule has 2 rings (SSSR count). The van der Waals surface area contributed by atoms with Crippen LogP contribution in [-0.4, -0.2) is 26.9 Å². The van der Waals surface area contributed by atoms with Crippen molar-refractivity contribution >= 4 is 0 Å². The fraction of sp³-hybridized carbons (Fsp3) is 0.571. The fourth-order valence-corrected chi connectivity index (χ4v) is 2.39. The quantitative estimate of drug-likeness (QED) is 0.870. The van der Waals surface area contributed by atoms with Crippen LogP contribution in [0.3, 0.4) is 0 Å². The maximum absolute atomic E-state index is 5.79. The van der Waals surface area contributed by atoms with E-state index in [1.54, 1.807) is 7.11 Å². The molecule has 0 saturated heterocycles. The molecule has 0 radical (unpaired) electrons. The van der Waals surface area contributed by atoms with Crippen molar-refractivity contribution in [1.29, 1.82) is 0 Å². The average Bonchev–Trinajstić information content (AvgIpc) is 2.39. The van der Waals surface area contributed by atoms with E-state index in [9.17, 15) is 0 Å². The van der Waals surface area contributed by atoms with Gasteiger partial charge in [-0.2, -0.15) is 0 Å². The van der Waals surface area contributed by atoms with Crippen LogP contribution in [-0.2, 0) is 11.3 Å². The van der Waals surface area contributed by atoms with Gasteiger partial charge in [-0.05, 0) is 30.5 Å². The molecule has 0 aliphatic carbocycles. The van der Waals surface area contributed by atoms with Crippen LogP contribution < -0.4 is 15.2 Å². The number of nitrogens with two attached hydrogens (primary N) is 1. The molecule has 1 unspecified atom stereocenters. The molecule has 1 aromatic rings. The average molecular weight is 251 g/mol. The molecule has 1 atom stereocenters. The van der Waals surface area contributed by atoms with Gasteiger partial charge in [0, 0.05) is 12.7 Å². The van der Waals surface area contributed by atoms with Gasteiger partial charge in [-0.15, -0.1) is 0 Å². The normalized spacial score (nSPS) is 15.5. The number of fused-ring (bicyclic) bond motifs is 1. The first-order chi connectivity index (χ1) is 8.77. The molecular formula is C14H21NO3. The summed E-state index contributed by atoms with van der Waals surface area (Å²) in [5.74, 6) is 2.05. The Morgan fingerprint density at radius 1 is 1.33 bits per heavy atom. The summed E-state index contributed by atoms with van der Waals surface area (Å²) >= 11 is 0. The zero-order valence-corrected chi connectivity index (χ0v) is 11.1. The van der Waals surface area contributed by atoms with E-state index in [1.807, 2.05) is 6.07 Å². The van der Waals surface area contributed by atoms with E-state index in [-0.39, 0.29) is 0 Å². The first-order valence-corrected chi connectivity index (χ1v) is 6.38. The number of ether oxygens (including phenoxy) is 3. The van der Waals surface area contributed by atoms with Gasteiger partial charge in [0.1, 0.15) is 13.2 Å². The maximum Gasteiger partial charge on any atom is 0.165 e. The number of hydrogen-bond acceptors (Lipinski definition) is 4. The van der Waals surface area contributed by atoms with E-state index in [0.29, 0.717) is 32.3 Å². The monoisotopic (exact) mass is 251 g/mol. The molecule has 0 spiro atoms. The highest BCUT2D eigenvalue weighted by molar-refractivity contribution is 5.53. The molecule has 0 saturated carbocycles. The zero-order chi connectivity index (χ0) is 13.0. The van der Waals surface area contributed by atoms with Gasteiger partial charge in [0.05, 0.1) is 6.61 Å². The van der Waals surface area contributed by atoms with E-state index in [1.165, 1.54) is 5.56 Å². The van der Waals surface area contributed by atoms with Gasteiger partial charge < -0.3 is 19.9 Å². The lowest BCUT2D eigenvalue weighted by Gasteiger charge is -2.26. The molecule has 1 aliphatic heterocycles. The largest absolute Gasteiger partial charge is 0.486 e. The van der Waals surface area contributed by atoms with Gasteiger partial charge in [-0.25, -0.2) is 0 Å². The summed E-state index contributed by atoms with van der Waals surface area (Å²) in [4.78, 5) is 0. The van der Waals surface area contributed by atoms with Crippen molar-refractivity contribution in [3.05, 3.63) is 23.3 Å². The smallest absolute Gasteiger partial charge is 0.165 e. The van der Waals surface area contributed by atoms with Gasteiger partial charge >= 0.3 is 0 Å². The van der Waals surface area contributed by atoms with Crippen molar-refractivity contribution in [3.63, 3.8) is 0 Å². The highest BCUT2D eigenvalue weighted by atomic mass is 16.6. The minimum atomic E-state index is 0.344. The van der Waals surface area contributed by atoms with Crippen molar-refractivity contribution in [2.24, 2.45) is 5.73 Å². The Balaban J connectivity index is 2.42. The zero-order valence-electron chi connectivity index (χ0n) is 11.1. The lowest BCUT2D eigenvalue weighted by atomic mass is 9.91. The number of methoxy groups -OCH3 is 1. The van der Waals surface area contributed by atoms with Crippen molar-refractivity contribution in [3.8, 4) is 11.5 Å². The molecule has 0 bridgehead atoms. The van der Waals surface area contributed by atoms with Crippen molar-refractivity contribution < 1.29 is 14.2 Å². The van der Waals surface area contributed by atoms with Crippen molar-refractivity contribution in [1.82, 2.24) is 0 Å². The van der Waals surface area contributed by atoms with E-state index < -0.39 is 0 Å². The highest BCUT2D eigenvalue weighted by Crippen LogP contribution is 2.41. The Labute approximate surface area is 108 Å². The Hall–Kier alpha value is -1.26. The van der Waals surface area contributed by atoms with E-state index in [2.05, 4.69) is 13.0 Å². The fourth-order valence-electron chi connectivity index (χ4n) is 2.39. The molecule has 0 fully saturated rings. The second kappa shape index (κ2) is 6.07. The maximum atomic E-state index is 5.79. The molecule has 4 nitrogen and oxygen atoms in total. The number of rotatable bonds is 5. The lowest BCUT2D eigenvalue weighted by Crippen LogP contribution is -2.19. The van der Waals surface area contributed by atoms with Gasteiger partial charge in [-0.1, -0.05) is 13.0 Å². The summed E-state index contributed by atoms with van der Waals surface area (Å²) in [6.45, 7) is 4.63. The topological polar surface area (TPSA) is 53.7 Å². The molecule has 4 heteroatoms. The van der Waals surface area contributed by atoms with Crippen LogP contribution in [0.2, 0.25) is 0 Å². The first-order valence-electron chi connectivity index (χ1n) is 6.38. The van der Waals surface area contributed by atoms with Crippen LogP contribution in [0.15, 0.2) is 12.1 Å². The molecule has 2 N–H and O–H groups in total. The van der Waals surface area contributed by atoms with Gasteiger partial charge in [-0.3, -0.25) is 0 Å². The predicted octanol–water partition coefficient (Wildman–Crippen LogP) is 2.06. The summed E-state index contributed by atoms with van der Waals surface area (Å²) in [7, 11) is 1.70. The highest BCUT2D eigenvalue weighted by Gasteiger charge is 2.22. The molecule has 1 aliphatic rings. The summed E-state index contributed by atoms with van der Waals surface area (Å²) in [5.41, 5.74) is 8.00. The predicted molar refractivity (Wildman–Crippen MR) is 70.2 cm³/mol. The van der Waals surface area contributed by atoms with E-state index >= 15 is 0 Å². The standard InChI is InChI=1S/C14H21NO3/c1-10(5-6-15)13-11(9-16-2)3-4-12-14(13)18-8-7-17-12/h3-4,10H,5-9,15H2,1-2H3. The third-order valence-corrected chi connectivity index (χ3v) is 3.23. The molecule has 18 heavy (non-hydrogen) atoms. The van der Waals surface area contributed by atoms with Gasteiger partial charge in [0.25, 0.3) is 0 Å². The van der Waals surface area contributed by atoms with E-state index in [0.717, 1.165) is 23.5 Å². The second-order valence-corrected chi connectivity index (χ2v) is 4.57. The molecular weight excluding hydrogens is 230 g/mol. The van der Waals surface area contributed by atoms with Crippen molar-refractivity contribution in [2.45, 2.75) is 25.9 Å². The van der Waals surface area contributed by atoms with Gasteiger partial charge in [0.2, 0.25) is 0 Å². The van der Waals surface area contributed by atoms with Crippen LogP contribution >= 0.6 is 0 Å². The van der Waals surface area contributed by atoms with Gasteiger partial charge in [0.15, 0.2) is 11.5 Å². The third kappa shape index (κ3) is 2.60. The van der Waals surface area contributed by atoms with E-state index in [4.69, 9.17) is 19.9 Å². The molecule has 1 aromatic carbocycles. The van der Waals surface area contributed by atoms with Crippen LogP contribution in [0.5, 0.6) is 11.5 Å². The van der Waals surface area contributed by atoms with Crippen LogP contribution in [0, 0.1) is 0 Å².